The fourth-order valence-corrected chi connectivity index (χ4v) is 7.47. The molecule has 11 heteroatoms. The van der Waals surface area contributed by atoms with Crippen molar-refractivity contribution in [3.05, 3.63) is 75.3 Å². The number of hydrogen-bond acceptors (Lipinski definition) is 3. The Hall–Kier alpha value is -1.88. The number of aryl methyl sites for hydroxylation is 2. The van der Waals surface area contributed by atoms with Crippen LogP contribution in [-0.2, 0) is 38.3 Å². The van der Waals surface area contributed by atoms with E-state index in [0.717, 1.165) is 55.7 Å². The van der Waals surface area contributed by atoms with Gasteiger partial charge in [-0.25, -0.2) is 0 Å². The number of nitrogens with zero attached hydrogens (tertiary/aromatic N) is 2. The number of thioether (sulfide) groups is 1. The van der Waals surface area contributed by atoms with Gasteiger partial charge in [0.25, 0.3) is 0 Å². The van der Waals surface area contributed by atoms with E-state index in [-0.39, 0.29) is 35.1 Å². The fraction of sp³-hybridized carbons (Fsp3) is 0.533. The van der Waals surface area contributed by atoms with Crippen molar-refractivity contribution in [2.24, 2.45) is 11.7 Å². The average molecular weight is 621 g/mol. The third kappa shape index (κ3) is 7.03. The maximum Gasteiger partial charge on any atom is 0.416 e. The van der Waals surface area contributed by atoms with Gasteiger partial charge in [0.2, 0.25) is 0 Å². The van der Waals surface area contributed by atoms with Crippen LogP contribution in [0.2, 0.25) is 0 Å². The van der Waals surface area contributed by atoms with Gasteiger partial charge in [-0.3, -0.25) is 10.2 Å². The Kier molecular flexibility index (Phi) is 9.68. The molecule has 2 aromatic rings. The van der Waals surface area contributed by atoms with Crippen LogP contribution in [0.5, 0.6) is 0 Å². The van der Waals surface area contributed by atoms with E-state index in [0.29, 0.717) is 12.5 Å². The molecule has 0 spiro atoms. The number of halogens is 7. The molecule has 0 bridgehead atoms. The van der Waals surface area contributed by atoms with Gasteiger partial charge in [-0.15, -0.1) is 12.4 Å². The molecule has 2 aliphatic carbocycles. The van der Waals surface area contributed by atoms with E-state index < -0.39 is 29.0 Å². The minimum absolute atomic E-state index is 0. The third-order valence-corrected chi connectivity index (χ3v) is 9.62. The summed E-state index contributed by atoms with van der Waals surface area (Å²) in [5.74, 6) is 0.625. The summed E-state index contributed by atoms with van der Waals surface area (Å²) in [5, 5.41) is 1.81. The van der Waals surface area contributed by atoms with Crippen LogP contribution >= 0.6 is 24.2 Å². The highest BCUT2D eigenvalue weighted by atomic mass is 35.5. The number of rotatable bonds is 8. The second kappa shape index (κ2) is 12.4. The van der Waals surface area contributed by atoms with Gasteiger partial charge in [-0.2, -0.15) is 26.3 Å². The first-order chi connectivity index (χ1) is 18.9. The minimum Gasteiger partial charge on any atom is -0.371 e. The molecule has 41 heavy (non-hydrogen) atoms. The second-order valence-electron chi connectivity index (χ2n) is 11.4. The first-order valence-corrected chi connectivity index (χ1v) is 15.0. The lowest BCUT2D eigenvalue weighted by molar-refractivity contribution is -0.913. The molecule has 2 aromatic carbocycles. The number of quaternary nitrogens is 1. The predicted molar refractivity (Wildman–Crippen MR) is 154 cm³/mol. The summed E-state index contributed by atoms with van der Waals surface area (Å²) in [4.78, 5) is 2.41. The lowest BCUT2D eigenvalue weighted by Crippen LogP contribution is -2.50. The molecule has 1 heterocycles. The normalized spacial score (nSPS) is 22.7. The van der Waals surface area contributed by atoms with Crippen LogP contribution in [0.1, 0.15) is 72.4 Å². The largest absolute Gasteiger partial charge is 0.416 e. The molecule has 2 unspecified atom stereocenters. The highest BCUT2D eigenvalue weighted by molar-refractivity contribution is 8.02. The van der Waals surface area contributed by atoms with E-state index in [1.807, 2.05) is 11.6 Å². The van der Waals surface area contributed by atoms with Crippen molar-refractivity contribution >= 4 is 29.9 Å². The maximum absolute atomic E-state index is 13.6. The zero-order chi connectivity index (χ0) is 28.7. The van der Waals surface area contributed by atoms with E-state index >= 15 is 0 Å². The first kappa shape index (κ1) is 32.0. The van der Waals surface area contributed by atoms with Crippen molar-refractivity contribution in [3.63, 3.8) is 0 Å². The SMILES string of the molecule is CCN(CC1CCCC1)c1cc2c(cc1C[N+]1(Cc3cc(C(F)(F)F)cc(C(F)(F)F)c3)C=CSC1N)CCC2.Cl. The molecule has 1 aliphatic heterocycles. The van der Waals surface area contributed by atoms with Gasteiger partial charge in [0.05, 0.1) is 11.1 Å². The average Bonchev–Trinajstić information content (AvgIpc) is 3.63. The molecule has 226 valence electrons. The van der Waals surface area contributed by atoms with Gasteiger partial charge in [-0.1, -0.05) is 12.8 Å². The van der Waals surface area contributed by atoms with Crippen molar-refractivity contribution in [3.8, 4) is 0 Å². The summed E-state index contributed by atoms with van der Waals surface area (Å²) in [6.07, 6.45) is 0.0111. The van der Waals surface area contributed by atoms with Gasteiger partial charge in [0, 0.05) is 35.3 Å². The van der Waals surface area contributed by atoms with Gasteiger partial charge < -0.3 is 4.90 Å². The quantitative estimate of drug-likeness (QED) is 0.237. The maximum atomic E-state index is 13.6. The molecule has 2 N–H and O–H groups in total. The Morgan fingerprint density at radius 1 is 0.878 bits per heavy atom. The highest BCUT2D eigenvalue weighted by Gasteiger charge is 2.41. The third-order valence-electron chi connectivity index (χ3n) is 8.64. The Morgan fingerprint density at radius 2 is 1.49 bits per heavy atom. The Labute approximate surface area is 248 Å². The fourth-order valence-electron chi connectivity index (χ4n) is 6.54. The summed E-state index contributed by atoms with van der Waals surface area (Å²) < 4.78 is 81.8. The van der Waals surface area contributed by atoms with Crippen LogP contribution in [0, 0.1) is 5.92 Å². The smallest absolute Gasteiger partial charge is 0.371 e. The lowest BCUT2D eigenvalue weighted by Gasteiger charge is -2.38. The molecule has 3 nitrogen and oxygen atoms in total. The molecule has 1 fully saturated rings. The van der Waals surface area contributed by atoms with Crippen molar-refractivity contribution < 1.29 is 30.8 Å². The highest BCUT2D eigenvalue weighted by Crippen LogP contribution is 2.42. The molecule has 1 saturated carbocycles. The zero-order valence-corrected chi connectivity index (χ0v) is 24.7. The molecule has 0 aromatic heterocycles. The van der Waals surface area contributed by atoms with Crippen LogP contribution in [0.4, 0.5) is 32.0 Å². The van der Waals surface area contributed by atoms with Crippen LogP contribution in [0.15, 0.2) is 41.9 Å². The van der Waals surface area contributed by atoms with Crippen molar-refractivity contribution in [1.82, 2.24) is 0 Å². The monoisotopic (exact) mass is 620 g/mol. The summed E-state index contributed by atoms with van der Waals surface area (Å²) in [7, 11) is 0. The van der Waals surface area contributed by atoms with Crippen LogP contribution in [-0.4, -0.2) is 23.1 Å². The lowest BCUT2D eigenvalue weighted by atomic mass is 9.99. The molecular weight excluding hydrogens is 584 g/mol. The van der Waals surface area contributed by atoms with Crippen LogP contribution < -0.4 is 10.6 Å². The molecule has 5 rings (SSSR count). The van der Waals surface area contributed by atoms with Crippen molar-refractivity contribution in [1.29, 1.82) is 0 Å². The standard InChI is InChI=1S/C30H36F6N3S.ClH/c1-2-38(17-20-6-3-4-7-20)27-15-23-9-5-8-22(23)14-24(27)19-39(10-11-40-28(39)37)18-21-12-25(29(31,32)33)16-26(13-21)30(34,35)36;/h10-16,20,28H,2-9,17-19,37H2,1H3;1H/q+1;. The Bertz CT molecular complexity index is 1230. The number of anilines is 1. The molecule has 0 saturated heterocycles. The van der Waals surface area contributed by atoms with E-state index in [2.05, 4.69) is 24.0 Å². The number of hydrogen-bond donors (Lipinski definition) is 1. The molecule has 3 aliphatic rings. The van der Waals surface area contributed by atoms with Gasteiger partial charge >= 0.3 is 12.4 Å². The van der Waals surface area contributed by atoms with Crippen LogP contribution in [0.3, 0.4) is 0 Å². The predicted octanol–water partition coefficient (Wildman–Crippen LogP) is 8.63. The minimum atomic E-state index is -4.90. The summed E-state index contributed by atoms with van der Waals surface area (Å²) in [5.41, 5.74) is 8.15. The number of benzene rings is 2. The second-order valence-corrected chi connectivity index (χ2v) is 12.5. The Morgan fingerprint density at radius 3 is 2.02 bits per heavy atom. The molecule has 0 amide bonds. The van der Waals surface area contributed by atoms with Crippen molar-refractivity contribution in [2.45, 2.75) is 82.8 Å². The summed E-state index contributed by atoms with van der Waals surface area (Å²) in [6.45, 7) is 4.20. The van der Waals surface area contributed by atoms with E-state index in [4.69, 9.17) is 5.73 Å². The summed E-state index contributed by atoms with van der Waals surface area (Å²) in [6, 6.07) is 6.34. The number of fused-ring (bicyclic) bond motifs is 1. The molecular formula is C30H37ClF6N3S+. The summed E-state index contributed by atoms with van der Waals surface area (Å²) >= 11 is 1.35. The van der Waals surface area contributed by atoms with Gasteiger partial charge in [0.1, 0.15) is 19.3 Å². The zero-order valence-electron chi connectivity index (χ0n) is 23.0. The Balaban J connectivity index is 0.00000387. The molecule has 0 radical (unpaired) electrons. The number of alkyl halides is 6. The van der Waals surface area contributed by atoms with E-state index in [1.165, 1.54) is 48.6 Å². The van der Waals surface area contributed by atoms with Gasteiger partial charge in [0.15, 0.2) is 5.50 Å². The molecule has 2 atom stereocenters. The number of nitrogens with two attached hydrogens (primary N) is 1. The van der Waals surface area contributed by atoms with E-state index in [1.54, 1.807) is 0 Å². The van der Waals surface area contributed by atoms with E-state index in [9.17, 15) is 26.3 Å². The van der Waals surface area contributed by atoms with Crippen molar-refractivity contribution in [2.75, 3.05) is 18.0 Å². The topological polar surface area (TPSA) is 29.3 Å². The van der Waals surface area contributed by atoms with Crippen LogP contribution in [0.25, 0.3) is 0 Å². The van der Waals surface area contributed by atoms with Gasteiger partial charge in [-0.05, 0) is 98.2 Å². The first-order valence-electron chi connectivity index (χ1n) is 14.0.